The predicted octanol–water partition coefficient (Wildman–Crippen LogP) is 3.66. The molecule has 0 aliphatic carbocycles. The molecule has 2 amide bonds. The number of amides is 2. The third kappa shape index (κ3) is 6.18. The van der Waals surface area contributed by atoms with Gasteiger partial charge in [0.05, 0.1) is 21.8 Å². The third-order valence-electron chi connectivity index (χ3n) is 4.54. The first-order valence-electron chi connectivity index (χ1n) is 9.45. The Kier molecular flexibility index (Phi) is 7.55. The molecule has 0 spiro atoms. The zero-order valence-corrected chi connectivity index (χ0v) is 18.9. The van der Waals surface area contributed by atoms with Crippen molar-refractivity contribution in [3.8, 4) is 0 Å². The standard InChI is InChI=1S/C20H21Cl2N3O5S/c1-12(26)24-14-5-7-16(21)18(10-14)25-20(27)13-4-6-17(22)19(9-13)31(28,29)23-11-15-3-2-8-30-15/h4-7,9-10,15,23H,2-3,8,11H2,1H3,(H,24,26)(H,25,27). The van der Waals surface area contributed by atoms with E-state index >= 15 is 0 Å². The maximum Gasteiger partial charge on any atom is 0.255 e. The summed E-state index contributed by atoms with van der Waals surface area (Å²) < 4.78 is 33.3. The lowest BCUT2D eigenvalue weighted by Gasteiger charge is -2.14. The molecule has 3 rings (SSSR count). The van der Waals surface area contributed by atoms with Gasteiger partial charge in [0.1, 0.15) is 4.90 Å². The van der Waals surface area contributed by atoms with Crippen LogP contribution in [0.4, 0.5) is 11.4 Å². The summed E-state index contributed by atoms with van der Waals surface area (Å²) in [4.78, 5) is 23.8. The quantitative estimate of drug-likeness (QED) is 0.553. The first-order chi connectivity index (χ1) is 14.7. The van der Waals surface area contributed by atoms with E-state index in [-0.39, 0.29) is 44.7 Å². The van der Waals surface area contributed by atoms with Crippen LogP contribution < -0.4 is 15.4 Å². The van der Waals surface area contributed by atoms with Crippen LogP contribution in [0.5, 0.6) is 0 Å². The van der Waals surface area contributed by atoms with E-state index in [0.29, 0.717) is 12.3 Å². The summed E-state index contributed by atoms with van der Waals surface area (Å²) in [5, 5.41) is 5.45. The van der Waals surface area contributed by atoms with Gasteiger partial charge in [0.15, 0.2) is 0 Å². The molecule has 0 bridgehead atoms. The molecular formula is C20H21Cl2N3O5S. The molecule has 2 aromatic rings. The minimum atomic E-state index is -3.95. The molecule has 1 fully saturated rings. The smallest absolute Gasteiger partial charge is 0.255 e. The van der Waals surface area contributed by atoms with Crippen molar-refractivity contribution in [2.24, 2.45) is 0 Å². The van der Waals surface area contributed by atoms with Gasteiger partial charge >= 0.3 is 0 Å². The lowest BCUT2D eigenvalue weighted by molar-refractivity contribution is -0.114. The molecule has 1 unspecified atom stereocenters. The van der Waals surface area contributed by atoms with Crippen molar-refractivity contribution < 1.29 is 22.7 Å². The normalized spacial score (nSPS) is 16.2. The Morgan fingerprint density at radius 3 is 2.52 bits per heavy atom. The van der Waals surface area contributed by atoms with Crippen LogP contribution in [0.3, 0.4) is 0 Å². The highest BCUT2D eigenvalue weighted by atomic mass is 35.5. The minimum absolute atomic E-state index is 0.0120. The topological polar surface area (TPSA) is 114 Å². The van der Waals surface area contributed by atoms with Gasteiger partial charge in [-0.15, -0.1) is 0 Å². The number of halogens is 2. The van der Waals surface area contributed by atoms with Crippen molar-refractivity contribution >= 4 is 56.4 Å². The summed E-state index contributed by atoms with van der Waals surface area (Å²) in [6.45, 7) is 2.09. The lowest BCUT2D eigenvalue weighted by atomic mass is 10.2. The number of benzene rings is 2. The highest BCUT2D eigenvalue weighted by Crippen LogP contribution is 2.27. The summed E-state index contributed by atoms with van der Waals surface area (Å²) >= 11 is 12.2. The Labute approximate surface area is 190 Å². The highest BCUT2D eigenvalue weighted by Gasteiger charge is 2.23. The van der Waals surface area contributed by atoms with E-state index in [1.54, 1.807) is 6.07 Å². The molecule has 1 heterocycles. The monoisotopic (exact) mass is 485 g/mol. The highest BCUT2D eigenvalue weighted by molar-refractivity contribution is 7.89. The largest absolute Gasteiger partial charge is 0.377 e. The second-order valence-corrected chi connectivity index (χ2v) is 9.51. The molecule has 1 atom stereocenters. The fourth-order valence-corrected chi connectivity index (χ4v) is 4.79. The predicted molar refractivity (Wildman–Crippen MR) is 119 cm³/mol. The summed E-state index contributed by atoms with van der Waals surface area (Å²) in [5.74, 6) is -0.864. The number of sulfonamides is 1. The number of rotatable bonds is 7. The molecule has 1 aliphatic heterocycles. The maximum atomic E-state index is 12.7. The second-order valence-electron chi connectivity index (χ2n) is 6.96. The van der Waals surface area contributed by atoms with Crippen molar-refractivity contribution in [3.05, 3.63) is 52.0 Å². The van der Waals surface area contributed by atoms with E-state index in [0.717, 1.165) is 12.8 Å². The Morgan fingerprint density at radius 2 is 1.84 bits per heavy atom. The summed E-state index contributed by atoms with van der Waals surface area (Å²) in [6.07, 6.45) is 1.48. The number of ether oxygens (including phenoxy) is 1. The molecule has 0 radical (unpaired) electrons. The van der Waals surface area contributed by atoms with Crippen LogP contribution in [0, 0.1) is 0 Å². The molecule has 8 nitrogen and oxygen atoms in total. The van der Waals surface area contributed by atoms with Crippen LogP contribution >= 0.6 is 23.2 Å². The zero-order chi connectivity index (χ0) is 22.6. The van der Waals surface area contributed by atoms with E-state index in [4.69, 9.17) is 27.9 Å². The summed E-state index contributed by atoms with van der Waals surface area (Å²) in [5.41, 5.74) is 0.779. The van der Waals surface area contributed by atoms with Crippen molar-refractivity contribution in [3.63, 3.8) is 0 Å². The van der Waals surface area contributed by atoms with Gasteiger partial charge in [-0.1, -0.05) is 23.2 Å². The van der Waals surface area contributed by atoms with Crippen molar-refractivity contribution in [1.29, 1.82) is 0 Å². The lowest BCUT2D eigenvalue weighted by Crippen LogP contribution is -2.32. The minimum Gasteiger partial charge on any atom is -0.377 e. The van der Waals surface area contributed by atoms with Gasteiger partial charge in [0.2, 0.25) is 15.9 Å². The first kappa shape index (κ1) is 23.5. The molecular weight excluding hydrogens is 465 g/mol. The number of carbonyl (C=O) groups excluding carboxylic acids is 2. The van der Waals surface area contributed by atoms with Gasteiger partial charge in [-0.25, -0.2) is 13.1 Å². The molecule has 11 heteroatoms. The van der Waals surface area contributed by atoms with Crippen LogP contribution in [-0.4, -0.2) is 39.5 Å². The number of nitrogens with one attached hydrogen (secondary N) is 3. The molecule has 166 valence electrons. The number of hydrogen-bond acceptors (Lipinski definition) is 5. The fourth-order valence-electron chi connectivity index (χ4n) is 3.03. The van der Waals surface area contributed by atoms with Gasteiger partial charge in [-0.05, 0) is 49.2 Å². The SMILES string of the molecule is CC(=O)Nc1ccc(Cl)c(NC(=O)c2ccc(Cl)c(S(=O)(=O)NCC3CCCO3)c2)c1. The van der Waals surface area contributed by atoms with Gasteiger partial charge in [0.25, 0.3) is 5.91 Å². The fraction of sp³-hybridized carbons (Fsp3) is 0.300. The van der Waals surface area contributed by atoms with Gasteiger partial charge in [-0.2, -0.15) is 0 Å². The van der Waals surface area contributed by atoms with E-state index in [9.17, 15) is 18.0 Å². The Hall–Kier alpha value is -2.17. The average molecular weight is 486 g/mol. The first-order valence-corrected chi connectivity index (χ1v) is 11.7. The van der Waals surface area contributed by atoms with Gasteiger partial charge < -0.3 is 15.4 Å². The van der Waals surface area contributed by atoms with Crippen LogP contribution in [0.1, 0.15) is 30.1 Å². The Balaban J connectivity index is 1.79. The maximum absolute atomic E-state index is 12.7. The van der Waals surface area contributed by atoms with Crippen molar-refractivity contribution in [2.45, 2.75) is 30.8 Å². The number of anilines is 2. The van der Waals surface area contributed by atoms with E-state index in [1.807, 2.05) is 0 Å². The molecule has 2 aromatic carbocycles. The summed E-state index contributed by atoms with van der Waals surface area (Å²) in [7, 11) is -3.95. The van der Waals surface area contributed by atoms with E-state index < -0.39 is 15.9 Å². The Bertz CT molecular complexity index is 1100. The van der Waals surface area contributed by atoms with Gasteiger partial charge in [-0.3, -0.25) is 9.59 Å². The molecule has 3 N–H and O–H groups in total. The number of carbonyl (C=O) groups is 2. The van der Waals surface area contributed by atoms with Crippen LogP contribution in [0.15, 0.2) is 41.3 Å². The van der Waals surface area contributed by atoms with Crippen molar-refractivity contribution in [1.82, 2.24) is 4.72 Å². The molecule has 0 aromatic heterocycles. The summed E-state index contributed by atoms with van der Waals surface area (Å²) in [6, 6.07) is 8.55. The van der Waals surface area contributed by atoms with E-state index in [2.05, 4.69) is 15.4 Å². The molecule has 1 saturated heterocycles. The Morgan fingerprint density at radius 1 is 1.10 bits per heavy atom. The van der Waals surface area contributed by atoms with Crippen LogP contribution in [0.25, 0.3) is 0 Å². The third-order valence-corrected chi connectivity index (χ3v) is 6.78. The molecule has 31 heavy (non-hydrogen) atoms. The second kappa shape index (κ2) is 9.97. The van der Waals surface area contributed by atoms with Crippen molar-refractivity contribution in [2.75, 3.05) is 23.8 Å². The zero-order valence-electron chi connectivity index (χ0n) is 16.6. The molecule has 1 aliphatic rings. The van der Waals surface area contributed by atoms with Gasteiger partial charge in [0, 0.05) is 31.3 Å². The average Bonchev–Trinajstić information content (AvgIpc) is 3.22. The molecule has 0 saturated carbocycles. The van der Waals surface area contributed by atoms with Crippen LogP contribution in [0.2, 0.25) is 10.0 Å². The number of hydrogen-bond donors (Lipinski definition) is 3. The van der Waals surface area contributed by atoms with E-state index in [1.165, 1.54) is 37.3 Å². The van der Waals surface area contributed by atoms with Crippen LogP contribution in [-0.2, 0) is 19.6 Å².